The zero-order valence-electron chi connectivity index (χ0n) is 10.7. The smallest absolute Gasteiger partial charge is 0.0263 e. The van der Waals surface area contributed by atoms with Crippen LogP contribution < -0.4 is 0 Å². The lowest BCUT2D eigenvalue weighted by molar-refractivity contribution is 0.480. The van der Waals surface area contributed by atoms with Crippen LogP contribution in [0.25, 0.3) is 0 Å². The van der Waals surface area contributed by atoms with Crippen LogP contribution >= 0.6 is 0 Å². The van der Waals surface area contributed by atoms with Gasteiger partial charge in [0.15, 0.2) is 0 Å². The van der Waals surface area contributed by atoms with Crippen molar-refractivity contribution in [3.63, 3.8) is 0 Å². The van der Waals surface area contributed by atoms with E-state index >= 15 is 0 Å². The summed E-state index contributed by atoms with van der Waals surface area (Å²) in [6.45, 7) is 8.51. The highest BCUT2D eigenvalue weighted by atomic mass is 14.2. The molecule has 88 valence electrons. The van der Waals surface area contributed by atoms with Crippen molar-refractivity contribution in [2.45, 2.75) is 26.2 Å². The van der Waals surface area contributed by atoms with Crippen LogP contribution in [0.4, 0.5) is 0 Å². The summed E-state index contributed by atoms with van der Waals surface area (Å²) in [5.41, 5.74) is 2.98. The van der Waals surface area contributed by atoms with Gasteiger partial charge in [-0.2, -0.15) is 0 Å². The summed E-state index contributed by atoms with van der Waals surface area (Å²) >= 11 is 0. The molecule has 17 heavy (non-hydrogen) atoms. The molecule has 1 atom stereocenters. The maximum atomic E-state index is 3.97. The Bertz CT molecular complexity index is 446. The molecule has 0 fully saturated rings. The fraction of sp³-hybridized carbons (Fsp3) is 0.294. The third-order valence-corrected chi connectivity index (χ3v) is 3.34. The first-order valence-electron chi connectivity index (χ1n) is 6.19. The molecule has 0 amide bonds. The van der Waals surface area contributed by atoms with E-state index in [2.05, 4.69) is 69.0 Å². The number of hydrogen-bond donors (Lipinski definition) is 0. The van der Waals surface area contributed by atoms with E-state index < -0.39 is 0 Å². The Kier molecular flexibility index (Phi) is 3.33. The number of benzene rings is 1. The minimum atomic E-state index is 0.298. The first-order valence-corrected chi connectivity index (χ1v) is 6.19. The Morgan fingerprint density at radius 1 is 1.24 bits per heavy atom. The summed E-state index contributed by atoms with van der Waals surface area (Å²) in [5.74, 6) is 0.323. The molecule has 1 aliphatic rings. The molecule has 0 unspecified atom stereocenters. The minimum Gasteiger partial charge on any atom is -0.102 e. The zero-order valence-corrected chi connectivity index (χ0v) is 10.7. The molecule has 2 rings (SSSR count). The van der Waals surface area contributed by atoms with Crippen LogP contribution in [-0.2, 0) is 0 Å². The van der Waals surface area contributed by atoms with Crippen LogP contribution in [0.1, 0.15) is 31.7 Å². The lowest BCUT2D eigenvalue weighted by Gasteiger charge is -2.25. The van der Waals surface area contributed by atoms with Gasteiger partial charge < -0.3 is 0 Å². The average Bonchev–Trinajstić information content (AvgIpc) is 2.33. The van der Waals surface area contributed by atoms with E-state index in [1.165, 1.54) is 11.1 Å². The molecule has 0 aromatic heterocycles. The van der Waals surface area contributed by atoms with Gasteiger partial charge in [0.25, 0.3) is 0 Å². The monoisotopic (exact) mass is 224 g/mol. The summed E-state index contributed by atoms with van der Waals surface area (Å²) in [7, 11) is 0. The molecule has 0 spiro atoms. The molecule has 1 aliphatic carbocycles. The van der Waals surface area contributed by atoms with Crippen molar-refractivity contribution in [3.05, 3.63) is 72.4 Å². The van der Waals surface area contributed by atoms with E-state index in [1.807, 2.05) is 6.08 Å². The quantitative estimate of drug-likeness (QED) is 0.643. The van der Waals surface area contributed by atoms with Gasteiger partial charge in [-0.3, -0.25) is 0 Å². The molecule has 0 radical (unpaired) electrons. The second-order valence-electron chi connectivity index (χ2n) is 5.35. The maximum Gasteiger partial charge on any atom is 0.0263 e. The van der Waals surface area contributed by atoms with Gasteiger partial charge in [-0.25, -0.2) is 0 Å². The number of hydrogen-bond acceptors (Lipinski definition) is 0. The van der Waals surface area contributed by atoms with Gasteiger partial charge in [-0.05, 0) is 23.0 Å². The van der Waals surface area contributed by atoms with Gasteiger partial charge in [-0.15, -0.1) is 6.58 Å². The fourth-order valence-electron chi connectivity index (χ4n) is 2.19. The zero-order chi connectivity index (χ0) is 12.3. The SMILES string of the molecule is C=C[C@H](C1=CCC(C)(C)C=C1)c1ccccc1. The summed E-state index contributed by atoms with van der Waals surface area (Å²) in [6, 6.07) is 10.6. The maximum absolute atomic E-state index is 3.97. The van der Waals surface area contributed by atoms with E-state index in [-0.39, 0.29) is 0 Å². The van der Waals surface area contributed by atoms with Crippen LogP contribution in [0.3, 0.4) is 0 Å². The molecular formula is C17H20. The predicted octanol–water partition coefficient (Wildman–Crippen LogP) is 4.87. The van der Waals surface area contributed by atoms with E-state index in [4.69, 9.17) is 0 Å². The first-order chi connectivity index (χ1) is 8.12. The Balaban J connectivity index is 2.25. The minimum absolute atomic E-state index is 0.298. The third-order valence-electron chi connectivity index (χ3n) is 3.34. The topological polar surface area (TPSA) is 0 Å². The lowest BCUT2D eigenvalue weighted by Crippen LogP contribution is -2.11. The molecule has 0 aliphatic heterocycles. The molecule has 0 heteroatoms. The van der Waals surface area contributed by atoms with Gasteiger partial charge in [0.2, 0.25) is 0 Å². The standard InChI is InChI=1S/C17H20/c1-4-16(14-8-6-5-7-9-14)15-10-12-17(2,3)13-11-15/h4-12,16H,1,13H2,2-3H3/t16-/m0/s1. The highest BCUT2D eigenvalue weighted by Crippen LogP contribution is 2.34. The summed E-state index contributed by atoms with van der Waals surface area (Å²) in [5, 5.41) is 0. The largest absolute Gasteiger partial charge is 0.102 e. The van der Waals surface area contributed by atoms with E-state index in [9.17, 15) is 0 Å². The van der Waals surface area contributed by atoms with Crippen LogP contribution in [0.5, 0.6) is 0 Å². The Labute approximate surface area is 104 Å². The molecule has 0 bridgehead atoms. The molecular weight excluding hydrogens is 204 g/mol. The summed E-state index contributed by atoms with van der Waals surface area (Å²) < 4.78 is 0. The Morgan fingerprint density at radius 2 is 1.94 bits per heavy atom. The Hall–Kier alpha value is -1.56. The first kappa shape index (κ1) is 11.9. The second-order valence-corrected chi connectivity index (χ2v) is 5.35. The van der Waals surface area contributed by atoms with Crippen LogP contribution in [0, 0.1) is 5.41 Å². The van der Waals surface area contributed by atoms with Crippen molar-refractivity contribution >= 4 is 0 Å². The van der Waals surface area contributed by atoms with Crippen molar-refractivity contribution in [2.75, 3.05) is 0 Å². The highest BCUT2D eigenvalue weighted by molar-refractivity contribution is 5.40. The fourth-order valence-corrected chi connectivity index (χ4v) is 2.19. The van der Waals surface area contributed by atoms with Crippen molar-refractivity contribution < 1.29 is 0 Å². The normalized spacial score (nSPS) is 19.5. The van der Waals surface area contributed by atoms with Crippen LogP contribution in [0.2, 0.25) is 0 Å². The van der Waals surface area contributed by atoms with Crippen molar-refractivity contribution in [3.8, 4) is 0 Å². The lowest BCUT2D eigenvalue weighted by atomic mass is 9.80. The van der Waals surface area contributed by atoms with Gasteiger partial charge in [0.1, 0.15) is 0 Å². The van der Waals surface area contributed by atoms with Crippen molar-refractivity contribution in [2.24, 2.45) is 5.41 Å². The summed E-state index contributed by atoms with van der Waals surface area (Å²) in [6.07, 6.45) is 10.0. The average molecular weight is 224 g/mol. The summed E-state index contributed by atoms with van der Waals surface area (Å²) in [4.78, 5) is 0. The van der Waals surface area contributed by atoms with E-state index in [0.717, 1.165) is 6.42 Å². The van der Waals surface area contributed by atoms with Crippen LogP contribution in [-0.4, -0.2) is 0 Å². The second kappa shape index (κ2) is 4.75. The van der Waals surface area contributed by atoms with Gasteiger partial charge in [0.05, 0.1) is 0 Å². The number of allylic oxidation sites excluding steroid dienone is 5. The van der Waals surface area contributed by atoms with E-state index in [0.29, 0.717) is 11.3 Å². The molecule has 1 aromatic carbocycles. The van der Waals surface area contributed by atoms with Crippen LogP contribution in [0.15, 0.2) is 66.8 Å². The predicted molar refractivity (Wildman–Crippen MR) is 75.0 cm³/mol. The molecule has 0 heterocycles. The molecule has 0 saturated heterocycles. The Morgan fingerprint density at radius 3 is 2.47 bits per heavy atom. The van der Waals surface area contributed by atoms with Crippen molar-refractivity contribution in [1.29, 1.82) is 0 Å². The van der Waals surface area contributed by atoms with Gasteiger partial charge in [0, 0.05) is 5.92 Å². The third kappa shape index (κ3) is 2.76. The highest BCUT2D eigenvalue weighted by Gasteiger charge is 2.19. The van der Waals surface area contributed by atoms with Gasteiger partial charge >= 0.3 is 0 Å². The molecule has 0 saturated carbocycles. The molecule has 1 aromatic rings. The molecule has 0 N–H and O–H groups in total. The number of rotatable bonds is 3. The van der Waals surface area contributed by atoms with Crippen molar-refractivity contribution in [1.82, 2.24) is 0 Å². The van der Waals surface area contributed by atoms with Gasteiger partial charge in [-0.1, -0.05) is 68.5 Å². The van der Waals surface area contributed by atoms with E-state index in [1.54, 1.807) is 0 Å². The molecule has 0 nitrogen and oxygen atoms in total.